The van der Waals surface area contributed by atoms with Gasteiger partial charge in [-0.15, -0.1) is 11.3 Å². The minimum Gasteiger partial charge on any atom is -0.454 e. The van der Waals surface area contributed by atoms with Gasteiger partial charge in [0.1, 0.15) is 6.33 Å². The second-order valence-electron chi connectivity index (χ2n) is 8.79. The van der Waals surface area contributed by atoms with Crippen LogP contribution in [0.5, 0.6) is 11.5 Å². The molecule has 172 valence electrons. The van der Waals surface area contributed by atoms with E-state index in [1.807, 2.05) is 18.2 Å². The molecule has 4 heterocycles. The third-order valence-electron chi connectivity index (χ3n) is 5.20. The van der Waals surface area contributed by atoms with E-state index in [9.17, 15) is 0 Å². The monoisotopic (exact) mass is 482 g/mol. The van der Waals surface area contributed by atoms with Crippen molar-refractivity contribution in [3.63, 3.8) is 0 Å². The van der Waals surface area contributed by atoms with Crippen LogP contribution in [0.2, 0.25) is 0 Å². The van der Waals surface area contributed by atoms with E-state index in [4.69, 9.17) is 20.2 Å². The molecule has 10 heteroatoms. The van der Waals surface area contributed by atoms with Gasteiger partial charge in [-0.25, -0.2) is 15.0 Å². The van der Waals surface area contributed by atoms with E-state index >= 15 is 0 Å². The summed E-state index contributed by atoms with van der Waals surface area (Å²) in [5, 5.41) is 6.44. The van der Waals surface area contributed by atoms with Gasteiger partial charge in [0, 0.05) is 27.4 Å². The van der Waals surface area contributed by atoms with Gasteiger partial charge in [-0.05, 0) is 57.3 Å². The van der Waals surface area contributed by atoms with Crippen LogP contribution in [0.25, 0.3) is 21.6 Å². The molecule has 1 aliphatic rings. The van der Waals surface area contributed by atoms with Gasteiger partial charge in [0.05, 0.1) is 0 Å². The average Bonchev–Trinajstić information content (AvgIpc) is 3.51. The number of thiophene rings is 1. The molecule has 1 aromatic carbocycles. The molecule has 8 nitrogen and oxygen atoms in total. The number of nitrogens with one attached hydrogen (secondary N) is 1. The van der Waals surface area contributed by atoms with Crippen LogP contribution in [0.15, 0.2) is 46.0 Å². The summed E-state index contributed by atoms with van der Waals surface area (Å²) in [5.74, 6) is 1.89. The van der Waals surface area contributed by atoms with E-state index in [1.165, 1.54) is 6.33 Å². The SMILES string of the molecule is CC(C)(C)NCCCn1c(Sc2cc3c(cc2-c2cccs2)OCO3)nc2c(N)ncnc21. The Balaban J connectivity index is 1.52. The number of benzene rings is 1. The van der Waals surface area contributed by atoms with Gasteiger partial charge in [-0.3, -0.25) is 0 Å². The van der Waals surface area contributed by atoms with Crippen molar-refractivity contribution in [3.05, 3.63) is 36.0 Å². The molecule has 0 fully saturated rings. The number of imidazole rings is 1. The van der Waals surface area contributed by atoms with E-state index in [0.29, 0.717) is 11.3 Å². The molecular weight excluding hydrogens is 456 g/mol. The van der Waals surface area contributed by atoms with Crippen molar-refractivity contribution in [1.82, 2.24) is 24.8 Å². The normalized spacial score (nSPS) is 13.2. The number of nitrogen functional groups attached to an aromatic ring is 1. The molecule has 0 atom stereocenters. The van der Waals surface area contributed by atoms with Crippen molar-refractivity contribution >= 4 is 40.1 Å². The minimum atomic E-state index is 0.0727. The fourth-order valence-corrected chi connectivity index (χ4v) is 5.53. The van der Waals surface area contributed by atoms with Crippen molar-refractivity contribution in [2.45, 2.75) is 49.3 Å². The number of fused-ring (bicyclic) bond motifs is 2. The average molecular weight is 483 g/mol. The summed E-state index contributed by atoms with van der Waals surface area (Å²) in [7, 11) is 0. The van der Waals surface area contributed by atoms with Crippen LogP contribution in [-0.4, -0.2) is 38.4 Å². The van der Waals surface area contributed by atoms with Crippen molar-refractivity contribution in [3.8, 4) is 21.9 Å². The van der Waals surface area contributed by atoms with Crippen LogP contribution in [0.1, 0.15) is 27.2 Å². The van der Waals surface area contributed by atoms with Gasteiger partial charge in [-0.2, -0.15) is 0 Å². The van der Waals surface area contributed by atoms with Crippen LogP contribution in [0.3, 0.4) is 0 Å². The number of hydrogen-bond donors (Lipinski definition) is 2. The largest absolute Gasteiger partial charge is 0.454 e. The van der Waals surface area contributed by atoms with Gasteiger partial charge < -0.3 is 25.1 Å². The smallest absolute Gasteiger partial charge is 0.231 e. The summed E-state index contributed by atoms with van der Waals surface area (Å²) in [6, 6.07) is 8.23. The van der Waals surface area contributed by atoms with Crippen LogP contribution in [0, 0.1) is 0 Å². The highest BCUT2D eigenvalue weighted by Gasteiger charge is 2.22. The van der Waals surface area contributed by atoms with Crippen LogP contribution >= 0.6 is 23.1 Å². The number of ether oxygens (including phenoxy) is 2. The maximum Gasteiger partial charge on any atom is 0.231 e. The summed E-state index contributed by atoms with van der Waals surface area (Å²) >= 11 is 3.27. The Morgan fingerprint density at radius 3 is 2.79 bits per heavy atom. The van der Waals surface area contributed by atoms with E-state index in [1.54, 1.807) is 23.1 Å². The number of anilines is 1. The number of aromatic nitrogens is 4. The summed E-state index contributed by atoms with van der Waals surface area (Å²) in [5.41, 5.74) is 8.68. The van der Waals surface area contributed by atoms with Gasteiger partial charge in [-0.1, -0.05) is 17.8 Å². The van der Waals surface area contributed by atoms with Crippen molar-refractivity contribution in [2.24, 2.45) is 0 Å². The van der Waals surface area contributed by atoms with Crippen LogP contribution in [0.4, 0.5) is 5.82 Å². The highest BCUT2D eigenvalue weighted by atomic mass is 32.2. The molecular formula is C23H26N6O2S2. The van der Waals surface area contributed by atoms with Crippen LogP contribution in [-0.2, 0) is 6.54 Å². The van der Waals surface area contributed by atoms with E-state index in [2.05, 4.69) is 52.1 Å². The molecule has 0 saturated carbocycles. The zero-order chi connectivity index (χ0) is 23.0. The Kier molecular flexibility index (Phi) is 5.90. The second kappa shape index (κ2) is 8.85. The number of hydrogen-bond acceptors (Lipinski definition) is 9. The van der Waals surface area contributed by atoms with E-state index in [0.717, 1.165) is 57.1 Å². The van der Waals surface area contributed by atoms with Crippen molar-refractivity contribution < 1.29 is 9.47 Å². The fourth-order valence-electron chi connectivity index (χ4n) is 3.64. The van der Waals surface area contributed by atoms with E-state index < -0.39 is 0 Å². The highest BCUT2D eigenvalue weighted by Crippen LogP contribution is 2.45. The highest BCUT2D eigenvalue weighted by molar-refractivity contribution is 7.99. The number of nitrogens with zero attached hydrogens (tertiary/aromatic N) is 4. The first kappa shape index (κ1) is 22.0. The molecule has 3 N–H and O–H groups in total. The maximum atomic E-state index is 6.14. The molecule has 0 unspecified atom stereocenters. The predicted octanol–water partition coefficient (Wildman–Crippen LogP) is 4.80. The molecule has 33 heavy (non-hydrogen) atoms. The summed E-state index contributed by atoms with van der Waals surface area (Å²) < 4.78 is 13.4. The van der Waals surface area contributed by atoms with Gasteiger partial charge >= 0.3 is 0 Å². The lowest BCUT2D eigenvalue weighted by Crippen LogP contribution is -2.36. The van der Waals surface area contributed by atoms with Gasteiger partial charge in [0.2, 0.25) is 6.79 Å². The Bertz CT molecular complexity index is 1280. The van der Waals surface area contributed by atoms with Crippen molar-refractivity contribution in [1.29, 1.82) is 0 Å². The van der Waals surface area contributed by atoms with Crippen LogP contribution < -0.4 is 20.5 Å². The Morgan fingerprint density at radius 1 is 1.21 bits per heavy atom. The molecule has 4 aromatic rings. The molecule has 0 saturated heterocycles. The summed E-state index contributed by atoms with van der Waals surface area (Å²) in [6.07, 6.45) is 2.43. The molecule has 0 amide bonds. The summed E-state index contributed by atoms with van der Waals surface area (Å²) in [6.45, 7) is 8.38. The quantitative estimate of drug-likeness (QED) is 0.363. The zero-order valence-corrected chi connectivity index (χ0v) is 20.4. The van der Waals surface area contributed by atoms with Gasteiger partial charge in [0.15, 0.2) is 33.6 Å². The minimum absolute atomic E-state index is 0.0727. The molecule has 1 aliphatic heterocycles. The molecule has 0 aliphatic carbocycles. The number of aryl methyl sites for hydroxylation is 1. The lowest BCUT2D eigenvalue weighted by molar-refractivity contribution is 0.174. The Labute approximate surface area is 200 Å². The Hall–Kier alpha value is -2.82. The predicted molar refractivity (Wildman–Crippen MR) is 132 cm³/mol. The molecule has 5 rings (SSSR count). The lowest BCUT2D eigenvalue weighted by atomic mass is 10.1. The molecule has 0 bridgehead atoms. The first-order valence-electron chi connectivity index (χ1n) is 10.8. The first-order chi connectivity index (χ1) is 15.9. The second-order valence-corrected chi connectivity index (χ2v) is 10.7. The van der Waals surface area contributed by atoms with E-state index in [-0.39, 0.29) is 12.3 Å². The molecule has 0 spiro atoms. The molecule has 0 radical (unpaired) electrons. The molecule has 3 aromatic heterocycles. The summed E-state index contributed by atoms with van der Waals surface area (Å²) in [4.78, 5) is 15.7. The lowest BCUT2D eigenvalue weighted by Gasteiger charge is -2.20. The maximum absolute atomic E-state index is 6.14. The standard InChI is InChI=1S/C23H26N6O2S2/c1-23(2,3)27-7-5-8-29-21-19(20(24)25-12-26-21)28-22(29)33-18-11-16-15(30-13-31-16)10-14(18)17-6-4-9-32-17/h4,6,9-12,27H,5,7-8,13H2,1-3H3,(H2,24,25,26). The van der Waals surface area contributed by atoms with Crippen molar-refractivity contribution in [2.75, 3.05) is 19.1 Å². The first-order valence-corrected chi connectivity index (χ1v) is 12.5. The number of rotatable bonds is 7. The third kappa shape index (κ3) is 4.64. The van der Waals surface area contributed by atoms with Gasteiger partial charge in [0.25, 0.3) is 0 Å². The number of nitrogens with two attached hydrogens (primary N) is 1. The third-order valence-corrected chi connectivity index (χ3v) is 7.16. The fraction of sp³-hybridized carbons (Fsp3) is 0.348. The Morgan fingerprint density at radius 2 is 2.03 bits per heavy atom. The topological polar surface area (TPSA) is 100 Å². The zero-order valence-electron chi connectivity index (χ0n) is 18.8.